The lowest BCUT2D eigenvalue weighted by atomic mass is 10.2. The van der Waals surface area contributed by atoms with Crippen LogP contribution in [0.15, 0.2) is 0 Å². The summed E-state index contributed by atoms with van der Waals surface area (Å²) < 4.78 is 12.4. The fourth-order valence-electron chi connectivity index (χ4n) is 1.47. The van der Waals surface area contributed by atoms with Gasteiger partial charge in [0, 0.05) is 13.0 Å². The van der Waals surface area contributed by atoms with E-state index in [-0.39, 0.29) is 17.6 Å². The van der Waals surface area contributed by atoms with E-state index >= 15 is 0 Å². The molecule has 0 saturated carbocycles. The van der Waals surface area contributed by atoms with Crippen molar-refractivity contribution in [2.24, 2.45) is 0 Å². The molecule has 21 heavy (non-hydrogen) atoms. The second-order valence-corrected chi connectivity index (χ2v) is 11.2. The summed E-state index contributed by atoms with van der Waals surface area (Å²) in [7, 11) is -1.77. The molecule has 0 spiro atoms. The lowest BCUT2D eigenvalue weighted by molar-refractivity contribution is -0.144. The van der Waals surface area contributed by atoms with Gasteiger partial charge in [0.15, 0.2) is 14.1 Å². The van der Waals surface area contributed by atoms with Crippen LogP contribution in [0.1, 0.15) is 33.5 Å². The zero-order valence-corrected chi connectivity index (χ0v) is 14.8. The van der Waals surface area contributed by atoms with Gasteiger partial charge in [-0.05, 0) is 35.5 Å². The highest BCUT2D eigenvalue weighted by Crippen LogP contribution is 2.36. The highest BCUT2D eigenvalue weighted by atomic mass is 28.4. The van der Waals surface area contributed by atoms with Crippen molar-refractivity contribution in [1.29, 1.82) is 0 Å². The van der Waals surface area contributed by atoms with E-state index in [1.54, 1.807) is 6.92 Å². The number of hydrogen-bond acceptors (Lipinski definition) is 6. The van der Waals surface area contributed by atoms with Gasteiger partial charge in [-0.3, -0.25) is 4.79 Å². The Balaban J connectivity index is 2.54. The van der Waals surface area contributed by atoms with Gasteiger partial charge in [-0.15, -0.1) is 5.10 Å². The van der Waals surface area contributed by atoms with E-state index in [2.05, 4.69) is 49.4 Å². The molecular formula is C13H26N4O3Si. The van der Waals surface area contributed by atoms with Gasteiger partial charge < -0.3 is 9.16 Å². The maximum absolute atomic E-state index is 11.5. The smallest absolute Gasteiger partial charge is 0.327 e. The van der Waals surface area contributed by atoms with E-state index in [4.69, 9.17) is 9.16 Å². The van der Waals surface area contributed by atoms with Crippen LogP contribution >= 0.6 is 0 Å². The Morgan fingerprint density at radius 3 is 2.57 bits per heavy atom. The molecule has 0 aliphatic rings. The number of aromatic nitrogens is 4. The third-order valence-electron chi connectivity index (χ3n) is 3.79. The van der Waals surface area contributed by atoms with Crippen LogP contribution in [-0.2, 0) is 26.9 Å². The largest absolute Gasteiger partial charge is 0.465 e. The minimum Gasteiger partial charge on any atom is -0.465 e. The summed E-state index contributed by atoms with van der Waals surface area (Å²) in [5.41, 5.74) is 0. The topological polar surface area (TPSA) is 79.1 Å². The first kappa shape index (κ1) is 17.8. The monoisotopic (exact) mass is 314 g/mol. The Hall–Kier alpha value is -1.28. The third kappa shape index (κ3) is 5.20. The van der Waals surface area contributed by atoms with Crippen molar-refractivity contribution in [3.63, 3.8) is 0 Å². The minimum absolute atomic E-state index is 0.0380. The first-order chi connectivity index (χ1) is 9.67. The Morgan fingerprint density at radius 1 is 1.33 bits per heavy atom. The summed E-state index contributed by atoms with van der Waals surface area (Å²) in [4.78, 5) is 11.5. The average Bonchev–Trinajstić information content (AvgIpc) is 2.75. The van der Waals surface area contributed by atoms with Crippen molar-refractivity contribution in [2.75, 3.05) is 13.2 Å². The number of esters is 1. The van der Waals surface area contributed by atoms with Gasteiger partial charge in [0.1, 0.15) is 6.54 Å². The van der Waals surface area contributed by atoms with Crippen LogP contribution in [0.4, 0.5) is 0 Å². The van der Waals surface area contributed by atoms with Crippen LogP contribution in [0, 0.1) is 0 Å². The number of hydrogen-bond donors (Lipinski definition) is 0. The zero-order valence-electron chi connectivity index (χ0n) is 13.8. The van der Waals surface area contributed by atoms with Crippen LogP contribution in [0.2, 0.25) is 18.1 Å². The molecule has 0 amide bonds. The predicted molar refractivity (Wildman–Crippen MR) is 81.3 cm³/mol. The predicted octanol–water partition coefficient (Wildman–Crippen LogP) is 1.80. The fourth-order valence-corrected chi connectivity index (χ4v) is 2.51. The van der Waals surface area contributed by atoms with E-state index in [1.807, 2.05) is 0 Å². The molecule has 0 aliphatic carbocycles. The summed E-state index contributed by atoms with van der Waals surface area (Å²) in [6.07, 6.45) is 0.582. The number of carbonyl (C=O) groups excluding carboxylic acids is 1. The maximum Gasteiger partial charge on any atom is 0.327 e. The first-order valence-electron chi connectivity index (χ1n) is 7.22. The molecule has 7 nitrogen and oxygen atoms in total. The number of carbonyl (C=O) groups is 1. The molecule has 1 aromatic rings. The van der Waals surface area contributed by atoms with E-state index in [9.17, 15) is 4.79 Å². The summed E-state index contributed by atoms with van der Waals surface area (Å²) in [5.74, 6) is 0.304. The van der Waals surface area contributed by atoms with Crippen molar-refractivity contribution in [3.05, 3.63) is 5.82 Å². The van der Waals surface area contributed by atoms with Crippen molar-refractivity contribution in [2.45, 2.75) is 58.8 Å². The Labute approximate surface area is 127 Å². The first-order valence-corrected chi connectivity index (χ1v) is 10.1. The SMILES string of the molecule is CCOC(=O)Cn1nnnc1CCO[Si](C)(C)C(C)(C)C. The summed E-state index contributed by atoms with van der Waals surface area (Å²) in [6, 6.07) is 0. The molecule has 0 aliphatic heterocycles. The Bertz CT molecular complexity index is 468. The Morgan fingerprint density at radius 2 is 2.00 bits per heavy atom. The number of nitrogens with zero attached hydrogens (tertiary/aromatic N) is 4. The molecule has 8 heteroatoms. The summed E-state index contributed by atoms with van der Waals surface area (Å²) in [6.45, 7) is 13.7. The van der Waals surface area contributed by atoms with Crippen LogP contribution < -0.4 is 0 Å². The van der Waals surface area contributed by atoms with Crippen molar-refractivity contribution < 1.29 is 14.0 Å². The van der Waals surface area contributed by atoms with Crippen molar-refractivity contribution in [3.8, 4) is 0 Å². The second kappa shape index (κ2) is 7.12. The van der Waals surface area contributed by atoms with E-state index in [1.165, 1.54) is 4.68 Å². The normalized spacial score (nSPS) is 12.5. The molecular weight excluding hydrogens is 288 g/mol. The van der Waals surface area contributed by atoms with Crippen molar-refractivity contribution >= 4 is 14.3 Å². The molecule has 1 rings (SSSR count). The molecule has 0 saturated heterocycles. The molecule has 1 aromatic heterocycles. The Kier molecular flexibility index (Phi) is 6.03. The number of ether oxygens (including phenoxy) is 1. The molecule has 0 aromatic carbocycles. The van der Waals surface area contributed by atoms with E-state index in [0.717, 1.165) is 0 Å². The zero-order chi connectivity index (χ0) is 16.1. The summed E-state index contributed by atoms with van der Waals surface area (Å²) >= 11 is 0. The van der Waals surface area contributed by atoms with Gasteiger partial charge in [-0.25, -0.2) is 4.68 Å². The molecule has 1 heterocycles. The lowest BCUT2D eigenvalue weighted by Crippen LogP contribution is -2.41. The molecule has 0 unspecified atom stereocenters. The third-order valence-corrected chi connectivity index (χ3v) is 8.32. The fraction of sp³-hybridized carbons (Fsp3) is 0.846. The molecule has 120 valence electrons. The second-order valence-electron chi connectivity index (χ2n) is 6.42. The van der Waals surface area contributed by atoms with Crippen LogP contribution in [0.3, 0.4) is 0 Å². The minimum atomic E-state index is -1.77. The lowest BCUT2D eigenvalue weighted by Gasteiger charge is -2.36. The molecule has 0 N–H and O–H groups in total. The highest BCUT2D eigenvalue weighted by Gasteiger charge is 2.36. The standard InChI is InChI=1S/C13H26N4O3Si/c1-7-19-12(18)10-17-11(14-15-16-17)8-9-20-21(5,6)13(2,3)4/h7-10H2,1-6H3. The van der Waals surface area contributed by atoms with Gasteiger partial charge in [-0.2, -0.15) is 0 Å². The van der Waals surface area contributed by atoms with Gasteiger partial charge in [0.25, 0.3) is 0 Å². The quantitative estimate of drug-likeness (QED) is 0.564. The van der Waals surface area contributed by atoms with Crippen LogP contribution in [0.25, 0.3) is 0 Å². The van der Waals surface area contributed by atoms with Crippen molar-refractivity contribution in [1.82, 2.24) is 20.2 Å². The summed E-state index contributed by atoms with van der Waals surface area (Å²) in [5, 5.41) is 11.5. The van der Waals surface area contributed by atoms with Gasteiger partial charge >= 0.3 is 5.97 Å². The molecule has 0 atom stereocenters. The highest BCUT2D eigenvalue weighted by molar-refractivity contribution is 6.74. The molecule has 0 bridgehead atoms. The van der Waals surface area contributed by atoms with E-state index in [0.29, 0.717) is 25.5 Å². The molecule has 0 fully saturated rings. The van der Waals surface area contributed by atoms with Gasteiger partial charge in [0.2, 0.25) is 0 Å². The van der Waals surface area contributed by atoms with E-state index < -0.39 is 8.32 Å². The van der Waals surface area contributed by atoms with Crippen LogP contribution in [0.5, 0.6) is 0 Å². The molecule has 0 radical (unpaired) electrons. The average molecular weight is 314 g/mol. The maximum atomic E-state index is 11.5. The van der Waals surface area contributed by atoms with Crippen LogP contribution in [-0.4, -0.2) is 47.7 Å². The number of tetrazole rings is 1. The number of rotatable bonds is 7. The van der Waals surface area contributed by atoms with Gasteiger partial charge in [0.05, 0.1) is 6.61 Å². The van der Waals surface area contributed by atoms with Gasteiger partial charge in [-0.1, -0.05) is 20.8 Å².